The van der Waals surface area contributed by atoms with Crippen molar-refractivity contribution in [3.63, 3.8) is 0 Å². The van der Waals surface area contributed by atoms with Crippen molar-refractivity contribution in [3.05, 3.63) is 58.6 Å². The number of thioether (sulfide) groups is 1. The lowest BCUT2D eigenvalue weighted by Crippen LogP contribution is -2.59. The SMILES string of the molecule is COc1cccc(CNC(=O)CSC2NCC(S(=O)(=O)c3ccc(Br)cc3)C(=O)N2)c1. The quantitative estimate of drug-likeness (QED) is 0.478. The molecule has 11 heteroatoms. The molecule has 1 aliphatic rings. The molecule has 3 N–H and O–H groups in total. The number of methoxy groups -OCH3 is 1. The molecule has 2 unspecified atom stereocenters. The lowest BCUT2D eigenvalue weighted by atomic mass is 10.2. The zero-order valence-electron chi connectivity index (χ0n) is 16.6. The number of carbonyl (C=O) groups excluding carboxylic acids is 2. The van der Waals surface area contributed by atoms with E-state index >= 15 is 0 Å². The summed E-state index contributed by atoms with van der Waals surface area (Å²) >= 11 is 4.44. The van der Waals surface area contributed by atoms with Crippen LogP contribution in [0.15, 0.2) is 57.9 Å². The second-order valence-corrected chi connectivity index (χ2v) is 10.9. The van der Waals surface area contributed by atoms with Crippen molar-refractivity contribution in [3.8, 4) is 5.75 Å². The fourth-order valence-electron chi connectivity index (χ4n) is 2.91. The minimum atomic E-state index is -3.82. The molecule has 3 rings (SSSR count). The van der Waals surface area contributed by atoms with E-state index in [1.165, 1.54) is 23.9 Å². The molecule has 2 aromatic rings. The Kier molecular flexibility index (Phi) is 7.98. The van der Waals surface area contributed by atoms with Crippen LogP contribution in [0.3, 0.4) is 0 Å². The van der Waals surface area contributed by atoms with E-state index in [1.807, 2.05) is 24.3 Å². The lowest BCUT2D eigenvalue weighted by molar-refractivity contribution is -0.122. The zero-order valence-corrected chi connectivity index (χ0v) is 19.8. The number of carbonyl (C=O) groups is 2. The first-order valence-corrected chi connectivity index (χ1v) is 12.7. The summed E-state index contributed by atoms with van der Waals surface area (Å²) in [7, 11) is -2.24. The Labute approximate surface area is 193 Å². The molecule has 1 fully saturated rings. The van der Waals surface area contributed by atoms with Crippen LogP contribution >= 0.6 is 27.7 Å². The first kappa shape index (κ1) is 23.6. The van der Waals surface area contributed by atoms with E-state index in [0.717, 1.165) is 10.0 Å². The van der Waals surface area contributed by atoms with Gasteiger partial charge in [0, 0.05) is 17.6 Å². The standard InChI is InChI=1S/C20H22BrN3O5S2/c1-29-15-4-2-3-13(9-15)10-22-18(25)12-30-20-23-11-17(19(26)24-20)31(27,28)16-7-5-14(21)6-8-16/h2-9,17,20,23H,10-12H2,1H3,(H,22,25)(H,24,26). The van der Waals surface area contributed by atoms with Crippen molar-refractivity contribution >= 4 is 49.3 Å². The monoisotopic (exact) mass is 527 g/mol. The van der Waals surface area contributed by atoms with Gasteiger partial charge in [0.1, 0.15) is 11.2 Å². The van der Waals surface area contributed by atoms with Crippen LogP contribution in [0.2, 0.25) is 0 Å². The van der Waals surface area contributed by atoms with Gasteiger partial charge < -0.3 is 15.4 Å². The van der Waals surface area contributed by atoms with Crippen LogP contribution in [-0.4, -0.2) is 50.4 Å². The Morgan fingerprint density at radius 1 is 1.26 bits per heavy atom. The predicted octanol–water partition coefficient (Wildman–Crippen LogP) is 1.65. The number of amides is 2. The van der Waals surface area contributed by atoms with Gasteiger partial charge in [-0.25, -0.2) is 8.42 Å². The fourth-order valence-corrected chi connectivity index (χ4v) is 5.52. The van der Waals surface area contributed by atoms with E-state index in [9.17, 15) is 18.0 Å². The largest absolute Gasteiger partial charge is 0.497 e. The Morgan fingerprint density at radius 2 is 2.00 bits per heavy atom. The molecule has 2 atom stereocenters. The number of ether oxygens (including phenoxy) is 1. The van der Waals surface area contributed by atoms with Crippen LogP contribution in [0.5, 0.6) is 5.75 Å². The maximum absolute atomic E-state index is 12.8. The van der Waals surface area contributed by atoms with Gasteiger partial charge in [-0.2, -0.15) is 0 Å². The molecule has 0 aromatic heterocycles. The molecule has 31 heavy (non-hydrogen) atoms. The van der Waals surface area contributed by atoms with E-state index in [0.29, 0.717) is 12.3 Å². The van der Waals surface area contributed by atoms with Crippen molar-refractivity contribution in [2.24, 2.45) is 0 Å². The van der Waals surface area contributed by atoms with Crippen molar-refractivity contribution < 1.29 is 22.7 Å². The smallest absolute Gasteiger partial charge is 0.241 e. The van der Waals surface area contributed by atoms with Crippen molar-refractivity contribution in [1.29, 1.82) is 0 Å². The molecule has 1 heterocycles. The molecule has 0 spiro atoms. The molecule has 2 amide bonds. The number of sulfone groups is 1. The summed E-state index contributed by atoms with van der Waals surface area (Å²) in [5.41, 5.74) is 0.356. The fraction of sp³-hybridized carbons (Fsp3) is 0.300. The van der Waals surface area contributed by atoms with E-state index in [1.54, 1.807) is 19.2 Å². The molecular formula is C20H22BrN3O5S2. The zero-order chi connectivity index (χ0) is 22.4. The third-order valence-electron chi connectivity index (χ3n) is 4.58. The van der Waals surface area contributed by atoms with Crippen molar-refractivity contribution in [2.75, 3.05) is 19.4 Å². The molecule has 1 saturated heterocycles. The van der Waals surface area contributed by atoms with Gasteiger partial charge in [-0.3, -0.25) is 14.9 Å². The van der Waals surface area contributed by atoms with E-state index in [2.05, 4.69) is 31.9 Å². The van der Waals surface area contributed by atoms with Crippen LogP contribution in [0.1, 0.15) is 5.56 Å². The maximum atomic E-state index is 12.8. The van der Waals surface area contributed by atoms with Crippen LogP contribution in [-0.2, 0) is 26.0 Å². The molecule has 8 nitrogen and oxygen atoms in total. The molecule has 0 bridgehead atoms. The number of hydrogen-bond acceptors (Lipinski definition) is 7. The average Bonchev–Trinajstić information content (AvgIpc) is 2.76. The van der Waals surface area contributed by atoms with Crippen molar-refractivity contribution in [1.82, 2.24) is 16.0 Å². The summed E-state index contributed by atoms with van der Waals surface area (Å²) in [6.45, 7) is 0.321. The van der Waals surface area contributed by atoms with Gasteiger partial charge in [-0.1, -0.05) is 28.1 Å². The number of rotatable bonds is 8. The van der Waals surface area contributed by atoms with Gasteiger partial charge in [0.25, 0.3) is 0 Å². The Bertz CT molecular complexity index is 1050. The highest BCUT2D eigenvalue weighted by Gasteiger charge is 2.38. The van der Waals surface area contributed by atoms with Gasteiger partial charge in [-0.05, 0) is 42.0 Å². The molecule has 0 radical (unpaired) electrons. The Balaban J connectivity index is 1.48. The average molecular weight is 528 g/mol. The van der Waals surface area contributed by atoms with Crippen molar-refractivity contribution in [2.45, 2.75) is 22.2 Å². The molecule has 166 valence electrons. The second-order valence-electron chi connectivity index (χ2n) is 6.72. The summed E-state index contributed by atoms with van der Waals surface area (Å²) in [6.07, 6.45) is 0. The highest BCUT2D eigenvalue weighted by atomic mass is 79.9. The van der Waals surface area contributed by atoms with Crippen LogP contribution in [0.25, 0.3) is 0 Å². The maximum Gasteiger partial charge on any atom is 0.241 e. The van der Waals surface area contributed by atoms with Gasteiger partial charge in [0.05, 0.1) is 17.8 Å². The molecular weight excluding hydrogens is 506 g/mol. The molecule has 0 aliphatic carbocycles. The van der Waals surface area contributed by atoms with E-state index < -0.39 is 26.5 Å². The first-order valence-electron chi connectivity index (χ1n) is 9.34. The molecule has 0 saturated carbocycles. The summed E-state index contributed by atoms with van der Waals surface area (Å²) in [6, 6.07) is 13.5. The van der Waals surface area contributed by atoms with Crippen LogP contribution in [0, 0.1) is 0 Å². The molecule has 1 aliphatic heterocycles. The van der Waals surface area contributed by atoms with Gasteiger partial charge in [-0.15, -0.1) is 11.8 Å². The number of benzene rings is 2. The summed E-state index contributed by atoms with van der Waals surface area (Å²) < 4.78 is 31.4. The van der Waals surface area contributed by atoms with E-state index in [-0.39, 0.29) is 23.1 Å². The third kappa shape index (κ3) is 6.22. The highest BCUT2D eigenvalue weighted by Crippen LogP contribution is 2.21. The van der Waals surface area contributed by atoms with Crippen LogP contribution in [0.4, 0.5) is 0 Å². The minimum Gasteiger partial charge on any atom is -0.497 e. The molecule has 2 aromatic carbocycles. The Hall–Kier alpha value is -2.08. The number of hydrogen-bond donors (Lipinski definition) is 3. The number of halogens is 1. The second kappa shape index (κ2) is 10.5. The number of nitrogens with one attached hydrogen (secondary N) is 3. The topological polar surface area (TPSA) is 114 Å². The lowest BCUT2D eigenvalue weighted by Gasteiger charge is -2.29. The van der Waals surface area contributed by atoms with Crippen LogP contribution < -0.4 is 20.7 Å². The third-order valence-corrected chi connectivity index (χ3v) is 8.21. The predicted molar refractivity (Wildman–Crippen MR) is 122 cm³/mol. The summed E-state index contributed by atoms with van der Waals surface area (Å²) in [4.78, 5) is 24.7. The van der Waals surface area contributed by atoms with Gasteiger partial charge in [0.15, 0.2) is 15.1 Å². The normalized spacial score (nSPS) is 18.8. The Morgan fingerprint density at radius 3 is 2.68 bits per heavy atom. The minimum absolute atomic E-state index is 0.0344. The van der Waals surface area contributed by atoms with E-state index in [4.69, 9.17) is 4.74 Å². The van der Waals surface area contributed by atoms with Gasteiger partial charge in [0.2, 0.25) is 11.8 Å². The highest BCUT2D eigenvalue weighted by molar-refractivity contribution is 9.10. The first-order chi connectivity index (χ1) is 14.8. The summed E-state index contributed by atoms with van der Waals surface area (Å²) in [5, 5.41) is 7.18. The van der Waals surface area contributed by atoms with Gasteiger partial charge >= 0.3 is 0 Å². The summed E-state index contributed by atoms with van der Waals surface area (Å²) in [5.74, 6) is 0.0267.